The minimum Gasteiger partial charge on any atom is -0.310 e. The molecular formula is C14H20N2OS. The first-order chi connectivity index (χ1) is 8.75. The van der Waals surface area contributed by atoms with Crippen LogP contribution < -0.4 is 5.32 Å². The Morgan fingerprint density at radius 3 is 2.83 bits per heavy atom. The lowest BCUT2D eigenvalue weighted by Crippen LogP contribution is -2.25. The van der Waals surface area contributed by atoms with Crippen molar-refractivity contribution in [2.45, 2.75) is 49.5 Å². The van der Waals surface area contributed by atoms with E-state index in [0.717, 1.165) is 0 Å². The van der Waals surface area contributed by atoms with Gasteiger partial charge >= 0.3 is 0 Å². The average molecular weight is 264 g/mol. The van der Waals surface area contributed by atoms with Crippen LogP contribution in [0.15, 0.2) is 24.4 Å². The summed E-state index contributed by atoms with van der Waals surface area (Å²) in [4.78, 5) is 16.1. The average Bonchev–Trinajstić information content (AvgIpc) is 2.41. The summed E-state index contributed by atoms with van der Waals surface area (Å²) in [6.07, 6.45) is 8.18. The molecule has 2 rings (SSSR count). The van der Waals surface area contributed by atoms with Crippen LogP contribution >= 0.6 is 11.8 Å². The second-order valence-corrected chi connectivity index (χ2v) is 6.39. The Balaban J connectivity index is 1.81. The molecule has 0 bridgehead atoms. The van der Waals surface area contributed by atoms with E-state index in [1.807, 2.05) is 36.9 Å². The van der Waals surface area contributed by atoms with E-state index >= 15 is 0 Å². The molecule has 1 saturated carbocycles. The van der Waals surface area contributed by atoms with Gasteiger partial charge in [-0.1, -0.05) is 25.3 Å². The second kappa shape index (κ2) is 6.78. The van der Waals surface area contributed by atoms with Crippen molar-refractivity contribution < 1.29 is 4.79 Å². The van der Waals surface area contributed by atoms with Gasteiger partial charge in [-0.25, -0.2) is 4.98 Å². The van der Waals surface area contributed by atoms with E-state index in [1.165, 1.54) is 32.1 Å². The third kappa shape index (κ3) is 4.02. The molecule has 0 spiro atoms. The minimum atomic E-state index is -0.00453. The van der Waals surface area contributed by atoms with Crippen LogP contribution in [0.5, 0.6) is 0 Å². The predicted octanol–water partition coefficient (Wildman–Crippen LogP) is 3.47. The zero-order chi connectivity index (χ0) is 12.8. The molecule has 1 aliphatic carbocycles. The normalized spacial score (nSPS) is 18.3. The van der Waals surface area contributed by atoms with E-state index in [9.17, 15) is 4.79 Å². The van der Waals surface area contributed by atoms with Crippen molar-refractivity contribution in [3.05, 3.63) is 24.4 Å². The number of carbonyl (C=O) groups is 1. The Bertz CT molecular complexity index is 377. The number of hydrogen-bond donors (Lipinski definition) is 1. The van der Waals surface area contributed by atoms with E-state index in [0.29, 0.717) is 11.1 Å². The molecule has 1 aromatic heterocycles. The maximum absolute atomic E-state index is 12.0. The molecular weight excluding hydrogens is 244 g/mol. The topological polar surface area (TPSA) is 42.0 Å². The van der Waals surface area contributed by atoms with Crippen LogP contribution in [0.25, 0.3) is 0 Å². The molecule has 3 nitrogen and oxygen atoms in total. The molecule has 1 unspecified atom stereocenters. The van der Waals surface area contributed by atoms with Crippen LogP contribution in [0, 0.1) is 0 Å². The highest BCUT2D eigenvalue weighted by Crippen LogP contribution is 2.31. The first-order valence-corrected chi connectivity index (χ1v) is 7.57. The molecule has 0 saturated heterocycles. The largest absolute Gasteiger partial charge is 0.310 e. The lowest BCUT2D eigenvalue weighted by atomic mass is 10.0. The highest BCUT2D eigenvalue weighted by molar-refractivity contribution is 8.01. The molecule has 0 aromatic carbocycles. The zero-order valence-corrected chi connectivity index (χ0v) is 11.6. The van der Waals surface area contributed by atoms with E-state index in [-0.39, 0.29) is 11.2 Å². The molecule has 1 aliphatic rings. The quantitative estimate of drug-likeness (QED) is 0.905. The molecule has 1 aromatic rings. The van der Waals surface area contributed by atoms with Crippen LogP contribution in [0.3, 0.4) is 0 Å². The maximum atomic E-state index is 12.0. The summed E-state index contributed by atoms with van der Waals surface area (Å²) in [5.41, 5.74) is 0. The number of hydrogen-bond acceptors (Lipinski definition) is 3. The van der Waals surface area contributed by atoms with Crippen molar-refractivity contribution in [1.82, 2.24) is 4.98 Å². The zero-order valence-electron chi connectivity index (χ0n) is 10.8. The van der Waals surface area contributed by atoms with Gasteiger partial charge in [0.25, 0.3) is 0 Å². The summed E-state index contributed by atoms with van der Waals surface area (Å²) in [5.74, 6) is 0.697. The monoisotopic (exact) mass is 264 g/mol. The van der Waals surface area contributed by atoms with Gasteiger partial charge in [-0.15, -0.1) is 11.8 Å². The van der Waals surface area contributed by atoms with Gasteiger partial charge in [-0.05, 0) is 31.9 Å². The molecule has 1 heterocycles. The van der Waals surface area contributed by atoms with Gasteiger partial charge in [-0.2, -0.15) is 0 Å². The molecule has 0 aliphatic heterocycles. The van der Waals surface area contributed by atoms with Gasteiger partial charge in [0.1, 0.15) is 5.82 Å². The predicted molar refractivity (Wildman–Crippen MR) is 76.8 cm³/mol. The Morgan fingerprint density at radius 1 is 1.39 bits per heavy atom. The molecule has 18 heavy (non-hydrogen) atoms. The first-order valence-electron chi connectivity index (χ1n) is 6.63. The molecule has 1 N–H and O–H groups in total. The van der Waals surface area contributed by atoms with Crippen LogP contribution in [0.1, 0.15) is 39.0 Å². The van der Waals surface area contributed by atoms with E-state index in [4.69, 9.17) is 0 Å². The summed E-state index contributed by atoms with van der Waals surface area (Å²) >= 11 is 1.81. The molecule has 4 heteroatoms. The van der Waals surface area contributed by atoms with Gasteiger partial charge < -0.3 is 5.32 Å². The van der Waals surface area contributed by atoms with Crippen LogP contribution in [-0.2, 0) is 4.79 Å². The van der Waals surface area contributed by atoms with Crippen LogP contribution in [0.2, 0.25) is 0 Å². The lowest BCUT2D eigenvalue weighted by molar-refractivity contribution is -0.115. The summed E-state index contributed by atoms with van der Waals surface area (Å²) in [5, 5.41) is 3.51. The Kier molecular flexibility index (Phi) is 5.05. The number of pyridine rings is 1. The molecule has 98 valence electrons. The Labute approximate surface area is 113 Å². The number of amides is 1. The maximum Gasteiger partial charge on any atom is 0.238 e. The van der Waals surface area contributed by atoms with Crippen molar-refractivity contribution in [2.75, 3.05) is 5.32 Å². The lowest BCUT2D eigenvalue weighted by Gasteiger charge is -2.23. The summed E-state index contributed by atoms with van der Waals surface area (Å²) in [7, 11) is 0. The number of carbonyl (C=O) groups excluding carboxylic acids is 1. The summed E-state index contributed by atoms with van der Waals surface area (Å²) in [6, 6.07) is 5.54. The molecule has 1 atom stereocenters. The number of rotatable bonds is 4. The highest BCUT2D eigenvalue weighted by atomic mass is 32.2. The molecule has 0 radical (unpaired) electrons. The molecule has 1 fully saturated rings. The Morgan fingerprint density at radius 2 is 2.17 bits per heavy atom. The van der Waals surface area contributed by atoms with Gasteiger partial charge in [-0.3, -0.25) is 4.79 Å². The number of nitrogens with one attached hydrogen (secondary N) is 1. The third-order valence-corrected chi connectivity index (χ3v) is 4.71. The first kappa shape index (κ1) is 13.4. The van der Waals surface area contributed by atoms with Crippen molar-refractivity contribution >= 4 is 23.5 Å². The fourth-order valence-electron chi connectivity index (χ4n) is 2.22. The van der Waals surface area contributed by atoms with Gasteiger partial charge in [0.05, 0.1) is 5.25 Å². The fraction of sp³-hybridized carbons (Fsp3) is 0.571. The number of thioether (sulfide) groups is 1. The van der Waals surface area contributed by atoms with E-state index in [1.54, 1.807) is 6.20 Å². The van der Waals surface area contributed by atoms with Crippen LogP contribution in [-0.4, -0.2) is 21.4 Å². The molecule has 1 amide bonds. The van der Waals surface area contributed by atoms with E-state index in [2.05, 4.69) is 10.3 Å². The van der Waals surface area contributed by atoms with Gasteiger partial charge in [0.2, 0.25) is 5.91 Å². The van der Waals surface area contributed by atoms with Crippen molar-refractivity contribution in [1.29, 1.82) is 0 Å². The van der Waals surface area contributed by atoms with Crippen LogP contribution in [0.4, 0.5) is 5.82 Å². The second-order valence-electron chi connectivity index (χ2n) is 4.74. The SMILES string of the molecule is CC(SC1CCCCC1)C(=O)Nc1ccccn1. The fourth-order valence-corrected chi connectivity index (χ4v) is 3.58. The Hall–Kier alpha value is -1.03. The highest BCUT2D eigenvalue weighted by Gasteiger charge is 2.21. The standard InChI is InChI=1S/C14H20N2OS/c1-11(18-12-7-3-2-4-8-12)14(17)16-13-9-5-6-10-15-13/h5-6,9-12H,2-4,7-8H2,1H3,(H,15,16,17). The number of aromatic nitrogens is 1. The smallest absolute Gasteiger partial charge is 0.238 e. The minimum absolute atomic E-state index is 0.00453. The van der Waals surface area contributed by atoms with Gasteiger partial charge in [0.15, 0.2) is 0 Å². The number of anilines is 1. The van der Waals surface area contributed by atoms with Crippen molar-refractivity contribution in [2.24, 2.45) is 0 Å². The van der Waals surface area contributed by atoms with Gasteiger partial charge in [0, 0.05) is 11.4 Å². The van der Waals surface area contributed by atoms with Crippen molar-refractivity contribution in [3.8, 4) is 0 Å². The van der Waals surface area contributed by atoms with E-state index < -0.39 is 0 Å². The summed E-state index contributed by atoms with van der Waals surface area (Å²) in [6.45, 7) is 1.98. The van der Waals surface area contributed by atoms with Crippen molar-refractivity contribution in [3.63, 3.8) is 0 Å². The number of nitrogens with zero attached hydrogens (tertiary/aromatic N) is 1. The third-order valence-electron chi connectivity index (χ3n) is 3.23. The summed E-state index contributed by atoms with van der Waals surface area (Å²) < 4.78 is 0.